The second-order valence-corrected chi connectivity index (χ2v) is 19.2. The third kappa shape index (κ3) is 5.44. The molecule has 0 amide bonds. The Morgan fingerprint density at radius 3 is 1.20 bits per heavy atom. The zero-order valence-corrected chi connectivity index (χ0v) is 17.9. The molecule has 0 bridgehead atoms. The predicted octanol–water partition coefficient (Wildman–Crippen LogP) is 2.68. The molecule has 10 heteroatoms. The maximum atomic E-state index is 6.21. The van der Waals surface area contributed by atoms with Gasteiger partial charge in [0.15, 0.2) is 0 Å². The summed E-state index contributed by atoms with van der Waals surface area (Å²) < 4.78 is 36.4. The fourth-order valence-electron chi connectivity index (χ4n) is 2.38. The van der Waals surface area contributed by atoms with Gasteiger partial charge >= 0.3 is 34.7 Å². The van der Waals surface area contributed by atoms with E-state index >= 15 is 0 Å². The van der Waals surface area contributed by atoms with Gasteiger partial charge in [-0.1, -0.05) is 0 Å². The van der Waals surface area contributed by atoms with Crippen LogP contribution in [0.25, 0.3) is 0 Å². The van der Waals surface area contributed by atoms with Gasteiger partial charge in [-0.25, -0.2) is 0 Å². The van der Waals surface area contributed by atoms with Crippen molar-refractivity contribution >= 4 is 34.7 Å². The van der Waals surface area contributed by atoms with Crippen molar-refractivity contribution in [1.82, 2.24) is 0 Å². The third-order valence-electron chi connectivity index (χ3n) is 2.37. The quantitative estimate of drug-likeness (QED) is 0.722. The summed E-state index contributed by atoms with van der Waals surface area (Å²) in [6.07, 6.45) is 0. The molecule has 0 unspecified atom stereocenters. The normalized spacial score (nSPS) is 27.6. The highest BCUT2D eigenvalue weighted by atomic mass is 28.5. The van der Waals surface area contributed by atoms with Crippen LogP contribution in [-0.4, -0.2) is 47.9 Å². The van der Waals surface area contributed by atoms with Gasteiger partial charge in [0, 0.05) is 13.2 Å². The predicted molar refractivity (Wildman–Crippen MR) is 85.8 cm³/mol. The van der Waals surface area contributed by atoms with Crippen LogP contribution in [0.15, 0.2) is 0 Å². The lowest BCUT2D eigenvalue weighted by Crippen LogP contribution is -2.68. The van der Waals surface area contributed by atoms with Gasteiger partial charge in [0.05, 0.1) is 0 Å². The largest absolute Gasteiger partial charge is 0.661 e. The lowest BCUT2D eigenvalue weighted by atomic mass is 10.9. The van der Waals surface area contributed by atoms with Crippen molar-refractivity contribution in [2.75, 3.05) is 13.2 Å². The van der Waals surface area contributed by atoms with E-state index in [4.69, 9.17) is 25.3 Å². The Balaban J connectivity index is 3.12. The molecular weight excluding hydrogens is 328 g/mol. The molecule has 1 heterocycles. The van der Waals surface area contributed by atoms with Crippen molar-refractivity contribution in [1.29, 1.82) is 0 Å². The first-order valence-electron chi connectivity index (χ1n) is 7.03. The van der Waals surface area contributed by atoms with Crippen LogP contribution in [0.3, 0.4) is 0 Å². The molecule has 0 spiro atoms. The van der Waals surface area contributed by atoms with Gasteiger partial charge in [-0.2, -0.15) is 0 Å². The van der Waals surface area contributed by atoms with Crippen LogP contribution in [0.1, 0.15) is 13.8 Å². The fourth-order valence-corrected chi connectivity index (χ4v) is 20.6. The van der Waals surface area contributed by atoms with Crippen molar-refractivity contribution < 1.29 is 25.3 Å². The zero-order chi connectivity index (χ0) is 15.7. The minimum absolute atomic E-state index is 0.474. The van der Waals surface area contributed by atoms with Crippen LogP contribution >= 0.6 is 0 Å². The Bertz CT molecular complexity index is 306. The summed E-state index contributed by atoms with van der Waals surface area (Å²) in [4.78, 5) is 0. The molecule has 0 aromatic carbocycles. The standard InChI is InChI=1S/C10H28O6Si4/c1-9-11-20(12-10-2)15-18(5,6)13-17(3,4)14-19(7,8)16-20/h9-10H2,1-8H3. The molecule has 20 heavy (non-hydrogen) atoms. The lowest BCUT2D eigenvalue weighted by molar-refractivity contribution is 0.0242. The maximum absolute atomic E-state index is 6.21. The van der Waals surface area contributed by atoms with Gasteiger partial charge in [0.2, 0.25) is 0 Å². The maximum Gasteiger partial charge on any atom is 0.661 e. The molecule has 0 saturated carbocycles. The van der Waals surface area contributed by atoms with E-state index in [9.17, 15) is 0 Å². The molecule has 120 valence electrons. The van der Waals surface area contributed by atoms with Crippen LogP contribution in [-0.2, 0) is 25.3 Å². The SMILES string of the molecule is CCO[Si]1(OCC)O[Si](C)(C)O[Si](C)(C)O[Si](C)(C)O1. The highest BCUT2D eigenvalue weighted by Crippen LogP contribution is 2.31. The molecule has 6 nitrogen and oxygen atoms in total. The fraction of sp³-hybridized carbons (Fsp3) is 1.00. The lowest BCUT2D eigenvalue weighted by Gasteiger charge is -2.46. The van der Waals surface area contributed by atoms with Gasteiger partial charge < -0.3 is 25.3 Å². The minimum Gasteiger partial charge on any atom is -0.416 e. The zero-order valence-electron chi connectivity index (χ0n) is 13.9. The van der Waals surface area contributed by atoms with Crippen LogP contribution in [0.2, 0.25) is 39.3 Å². The van der Waals surface area contributed by atoms with Crippen LogP contribution < -0.4 is 0 Å². The topological polar surface area (TPSA) is 55.4 Å². The summed E-state index contributed by atoms with van der Waals surface area (Å²) in [6.45, 7) is 16.7. The molecule has 1 saturated heterocycles. The average Bonchev–Trinajstić information content (AvgIpc) is 2.09. The number of rotatable bonds is 4. The monoisotopic (exact) mass is 356 g/mol. The molecule has 0 aromatic rings. The number of hydrogen-bond acceptors (Lipinski definition) is 6. The smallest absolute Gasteiger partial charge is 0.416 e. The molecule has 0 atom stereocenters. The summed E-state index contributed by atoms with van der Waals surface area (Å²) in [5, 5.41) is 0. The van der Waals surface area contributed by atoms with E-state index in [0.717, 1.165) is 0 Å². The van der Waals surface area contributed by atoms with Gasteiger partial charge in [0.1, 0.15) is 0 Å². The van der Waals surface area contributed by atoms with E-state index < -0.39 is 34.7 Å². The first kappa shape index (κ1) is 18.7. The molecule has 0 aliphatic carbocycles. The van der Waals surface area contributed by atoms with Crippen molar-refractivity contribution in [3.63, 3.8) is 0 Å². The average molecular weight is 357 g/mol. The van der Waals surface area contributed by atoms with Crippen LogP contribution in [0, 0.1) is 0 Å². The third-order valence-corrected chi connectivity index (χ3v) is 17.4. The van der Waals surface area contributed by atoms with Gasteiger partial charge in [-0.05, 0) is 53.1 Å². The molecule has 0 radical (unpaired) electrons. The highest BCUT2D eigenvalue weighted by molar-refractivity contribution is 6.90. The molecular formula is C10H28O6Si4. The summed E-state index contributed by atoms with van der Waals surface area (Å²) in [6, 6.07) is 0. The molecule has 1 aliphatic rings. The Kier molecular flexibility index (Phi) is 5.97. The second kappa shape index (κ2) is 6.40. The minimum atomic E-state index is -3.20. The van der Waals surface area contributed by atoms with E-state index in [1.807, 2.05) is 53.1 Å². The van der Waals surface area contributed by atoms with E-state index in [2.05, 4.69) is 0 Å². The van der Waals surface area contributed by atoms with E-state index in [1.165, 1.54) is 0 Å². The van der Waals surface area contributed by atoms with Crippen LogP contribution in [0.4, 0.5) is 0 Å². The highest BCUT2D eigenvalue weighted by Gasteiger charge is 2.59. The van der Waals surface area contributed by atoms with Crippen molar-refractivity contribution in [3.05, 3.63) is 0 Å². The Hall–Kier alpha value is 0.628. The van der Waals surface area contributed by atoms with E-state index in [0.29, 0.717) is 13.2 Å². The summed E-state index contributed by atoms with van der Waals surface area (Å²) >= 11 is 0. The molecule has 0 aromatic heterocycles. The number of hydrogen-bond donors (Lipinski definition) is 0. The molecule has 0 N–H and O–H groups in total. The van der Waals surface area contributed by atoms with Crippen molar-refractivity contribution in [3.8, 4) is 0 Å². The van der Waals surface area contributed by atoms with Gasteiger partial charge in [-0.3, -0.25) is 0 Å². The van der Waals surface area contributed by atoms with E-state index in [-0.39, 0.29) is 0 Å². The van der Waals surface area contributed by atoms with Crippen molar-refractivity contribution in [2.24, 2.45) is 0 Å². The second-order valence-electron chi connectivity index (χ2n) is 5.97. The summed E-state index contributed by atoms with van der Waals surface area (Å²) in [7, 11) is -10.3. The summed E-state index contributed by atoms with van der Waals surface area (Å²) in [5.74, 6) is 0. The first-order valence-corrected chi connectivity index (χ1v) is 17.1. The first-order chi connectivity index (χ1) is 8.95. The Morgan fingerprint density at radius 2 is 0.900 bits per heavy atom. The van der Waals surface area contributed by atoms with Crippen LogP contribution in [0.5, 0.6) is 0 Å². The Labute approximate surface area is 126 Å². The van der Waals surface area contributed by atoms with Gasteiger partial charge in [-0.15, -0.1) is 0 Å². The Morgan fingerprint density at radius 1 is 0.600 bits per heavy atom. The molecule has 1 fully saturated rings. The molecule has 1 rings (SSSR count). The molecule has 1 aliphatic heterocycles. The van der Waals surface area contributed by atoms with Crippen molar-refractivity contribution in [2.45, 2.75) is 53.1 Å². The van der Waals surface area contributed by atoms with Gasteiger partial charge in [0.25, 0.3) is 0 Å². The summed E-state index contributed by atoms with van der Waals surface area (Å²) in [5.41, 5.74) is 0. The van der Waals surface area contributed by atoms with E-state index in [1.54, 1.807) is 0 Å².